The maximum atomic E-state index is 13.9. The molecule has 172 valence electrons. The van der Waals surface area contributed by atoms with Crippen LogP contribution in [0, 0.1) is 17.5 Å². The van der Waals surface area contributed by atoms with Crippen molar-refractivity contribution in [3.05, 3.63) is 53.8 Å². The Bertz CT molecular complexity index is 1440. The number of hydrogen-bond acceptors (Lipinski definition) is 7. The standard InChI is InChI=1S/C20H17F3N6O3S/c1-2-7-32-20-16-17(24)27-28-19(16)25-18(26-20)10-3-5-11(6-4-10)29-33(30,31)15-9-13(22)12(21)8-14(15)23/h3-6,8-9,29H,2,7H2,1H3,(H3,24,25,26,27,28). The van der Waals surface area contributed by atoms with Crippen molar-refractivity contribution in [2.24, 2.45) is 0 Å². The van der Waals surface area contributed by atoms with Crippen LogP contribution in [0.25, 0.3) is 22.4 Å². The molecular formula is C20H17F3N6O3S. The Morgan fingerprint density at radius 3 is 2.45 bits per heavy atom. The first-order valence-electron chi connectivity index (χ1n) is 9.61. The second kappa shape index (κ2) is 8.58. The van der Waals surface area contributed by atoms with E-state index in [0.717, 1.165) is 6.42 Å². The fourth-order valence-corrected chi connectivity index (χ4v) is 4.09. The molecule has 13 heteroatoms. The van der Waals surface area contributed by atoms with Crippen molar-refractivity contribution < 1.29 is 26.3 Å². The number of nitrogen functional groups attached to an aromatic ring is 1. The molecule has 0 unspecified atom stereocenters. The first kappa shape index (κ1) is 22.3. The van der Waals surface area contributed by atoms with Crippen LogP contribution in [0.3, 0.4) is 0 Å². The molecule has 0 fully saturated rings. The number of hydrogen-bond donors (Lipinski definition) is 3. The van der Waals surface area contributed by atoms with E-state index >= 15 is 0 Å². The molecule has 0 atom stereocenters. The number of ether oxygens (including phenoxy) is 1. The van der Waals surface area contributed by atoms with Crippen LogP contribution < -0.4 is 15.2 Å². The summed E-state index contributed by atoms with van der Waals surface area (Å²) in [5.74, 6) is -3.63. The zero-order chi connectivity index (χ0) is 23.8. The van der Waals surface area contributed by atoms with E-state index in [1.807, 2.05) is 6.92 Å². The van der Waals surface area contributed by atoms with E-state index in [2.05, 4.69) is 24.9 Å². The number of nitrogens with two attached hydrogens (primary N) is 1. The highest BCUT2D eigenvalue weighted by Crippen LogP contribution is 2.30. The first-order valence-corrected chi connectivity index (χ1v) is 11.1. The van der Waals surface area contributed by atoms with Gasteiger partial charge in [-0.05, 0) is 30.7 Å². The molecule has 0 saturated heterocycles. The number of H-pyrrole nitrogens is 1. The molecule has 2 aromatic carbocycles. The van der Waals surface area contributed by atoms with E-state index in [-0.39, 0.29) is 35.3 Å². The molecule has 33 heavy (non-hydrogen) atoms. The summed E-state index contributed by atoms with van der Waals surface area (Å²) in [6, 6.07) is 6.23. The fourth-order valence-electron chi connectivity index (χ4n) is 2.95. The molecule has 0 spiro atoms. The van der Waals surface area contributed by atoms with Gasteiger partial charge in [0.1, 0.15) is 21.9 Å². The van der Waals surface area contributed by atoms with Crippen LogP contribution >= 0.6 is 0 Å². The number of halogens is 3. The lowest BCUT2D eigenvalue weighted by molar-refractivity contribution is 0.309. The Morgan fingerprint density at radius 2 is 1.76 bits per heavy atom. The SMILES string of the molecule is CCCOc1nc(-c2ccc(NS(=O)(=O)c3cc(F)c(F)cc3F)cc2)nc2n[nH]c(N)c12. The highest BCUT2D eigenvalue weighted by Gasteiger charge is 2.22. The van der Waals surface area contributed by atoms with Crippen LogP contribution in [0.1, 0.15) is 13.3 Å². The number of fused-ring (bicyclic) bond motifs is 1. The Kier molecular flexibility index (Phi) is 5.80. The van der Waals surface area contributed by atoms with E-state index in [1.165, 1.54) is 24.3 Å². The molecule has 9 nitrogen and oxygen atoms in total. The van der Waals surface area contributed by atoms with Crippen LogP contribution in [-0.2, 0) is 10.0 Å². The topological polar surface area (TPSA) is 136 Å². The minimum Gasteiger partial charge on any atom is -0.477 e. The van der Waals surface area contributed by atoms with Crippen molar-refractivity contribution in [3.63, 3.8) is 0 Å². The molecular weight excluding hydrogens is 461 g/mol. The third kappa shape index (κ3) is 4.39. The van der Waals surface area contributed by atoms with Crippen molar-refractivity contribution in [1.29, 1.82) is 0 Å². The van der Waals surface area contributed by atoms with Gasteiger partial charge in [-0.15, -0.1) is 0 Å². The zero-order valence-electron chi connectivity index (χ0n) is 17.1. The third-order valence-electron chi connectivity index (χ3n) is 4.51. The molecule has 4 rings (SSSR count). The number of rotatable bonds is 7. The van der Waals surface area contributed by atoms with Gasteiger partial charge in [0.2, 0.25) is 5.88 Å². The van der Waals surface area contributed by atoms with Gasteiger partial charge in [0.25, 0.3) is 10.0 Å². The summed E-state index contributed by atoms with van der Waals surface area (Å²) in [4.78, 5) is 7.70. The smallest absolute Gasteiger partial charge is 0.264 e. The van der Waals surface area contributed by atoms with Crippen molar-refractivity contribution in [2.75, 3.05) is 17.1 Å². The average Bonchev–Trinajstić information content (AvgIpc) is 3.15. The molecule has 2 aromatic heterocycles. The average molecular weight is 478 g/mol. The van der Waals surface area contributed by atoms with Crippen molar-refractivity contribution in [2.45, 2.75) is 18.2 Å². The Balaban J connectivity index is 1.64. The van der Waals surface area contributed by atoms with Crippen molar-refractivity contribution in [3.8, 4) is 17.3 Å². The number of aromatic amines is 1. The summed E-state index contributed by atoms with van der Waals surface area (Å²) < 4.78 is 73.1. The molecule has 0 saturated carbocycles. The Labute approximate surface area is 185 Å². The largest absolute Gasteiger partial charge is 0.477 e. The lowest BCUT2D eigenvalue weighted by atomic mass is 10.2. The predicted octanol–water partition coefficient (Wildman–Crippen LogP) is 3.61. The van der Waals surface area contributed by atoms with E-state index in [1.54, 1.807) is 0 Å². The molecule has 2 heterocycles. The maximum absolute atomic E-state index is 13.9. The van der Waals surface area contributed by atoms with Crippen LogP contribution in [0.2, 0.25) is 0 Å². The van der Waals surface area contributed by atoms with E-state index in [4.69, 9.17) is 10.5 Å². The van der Waals surface area contributed by atoms with E-state index in [0.29, 0.717) is 23.2 Å². The van der Waals surface area contributed by atoms with Crippen molar-refractivity contribution >= 4 is 32.6 Å². The van der Waals surface area contributed by atoms with Crippen molar-refractivity contribution in [1.82, 2.24) is 20.2 Å². The van der Waals surface area contributed by atoms with Gasteiger partial charge in [-0.1, -0.05) is 6.92 Å². The quantitative estimate of drug-likeness (QED) is 0.345. The van der Waals surface area contributed by atoms with E-state index < -0.39 is 32.4 Å². The van der Waals surface area contributed by atoms with Gasteiger partial charge < -0.3 is 10.5 Å². The number of nitrogens with zero attached hydrogens (tertiary/aromatic N) is 3. The number of nitrogens with one attached hydrogen (secondary N) is 2. The van der Waals surface area contributed by atoms with Crippen LogP contribution in [0.15, 0.2) is 41.3 Å². The molecule has 0 amide bonds. The van der Waals surface area contributed by atoms with Crippen LogP contribution in [-0.4, -0.2) is 35.2 Å². The molecule has 0 aliphatic rings. The minimum absolute atomic E-state index is 0.0513. The summed E-state index contributed by atoms with van der Waals surface area (Å²) in [7, 11) is -4.51. The number of anilines is 2. The zero-order valence-corrected chi connectivity index (χ0v) is 17.9. The fraction of sp³-hybridized carbons (Fsp3) is 0.150. The second-order valence-electron chi connectivity index (χ2n) is 6.92. The summed E-state index contributed by atoms with van der Waals surface area (Å²) in [6.07, 6.45) is 0.742. The molecule has 0 bridgehead atoms. The lowest BCUT2D eigenvalue weighted by Crippen LogP contribution is -2.15. The first-order chi connectivity index (χ1) is 15.7. The predicted molar refractivity (Wildman–Crippen MR) is 114 cm³/mol. The van der Waals surface area contributed by atoms with Crippen LogP contribution in [0.4, 0.5) is 24.7 Å². The van der Waals surface area contributed by atoms with Crippen LogP contribution in [0.5, 0.6) is 5.88 Å². The van der Waals surface area contributed by atoms with Gasteiger partial charge in [-0.25, -0.2) is 26.6 Å². The summed E-state index contributed by atoms with van der Waals surface area (Å²) in [5, 5.41) is 7.10. The maximum Gasteiger partial charge on any atom is 0.264 e. The minimum atomic E-state index is -4.51. The van der Waals surface area contributed by atoms with Gasteiger partial charge in [0.15, 0.2) is 23.1 Å². The van der Waals surface area contributed by atoms with Gasteiger partial charge in [0.05, 0.1) is 6.61 Å². The summed E-state index contributed by atoms with van der Waals surface area (Å²) >= 11 is 0. The van der Waals surface area contributed by atoms with Gasteiger partial charge in [0, 0.05) is 23.4 Å². The van der Waals surface area contributed by atoms with Gasteiger partial charge in [-0.3, -0.25) is 9.82 Å². The molecule has 0 radical (unpaired) electrons. The summed E-state index contributed by atoms with van der Waals surface area (Å²) in [6.45, 7) is 2.33. The second-order valence-corrected chi connectivity index (χ2v) is 8.57. The normalized spacial score (nSPS) is 11.6. The molecule has 0 aliphatic carbocycles. The lowest BCUT2D eigenvalue weighted by Gasteiger charge is -2.10. The number of benzene rings is 2. The van der Waals surface area contributed by atoms with Gasteiger partial charge >= 0.3 is 0 Å². The molecule has 0 aliphatic heterocycles. The molecule has 4 N–H and O–H groups in total. The Hall–Kier alpha value is -3.87. The van der Waals surface area contributed by atoms with E-state index in [9.17, 15) is 21.6 Å². The monoisotopic (exact) mass is 478 g/mol. The Morgan fingerprint density at radius 1 is 1.06 bits per heavy atom. The number of aromatic nitrogens is 4. The third-order valence-corrected chi connectivity index (χ3v) is 5.91. The van der Waals surface area contributed by atoms with Gasteiger partial charge in [-0.2, -0.15) is 10.1 Å². The highest BCUT2D eigenvalue weighted by molar-refractivity contribution is 7.92. The number of sulfonamides is 1. The highest BCUT2D eigenvalue weighted by atomic mass is 32.2. The molecule has 4 aromatic rings. The summed E-state index contributed by atoms with van der Waals surface area (Å²) in [5.41, 5.74) is 6.72.